The number of rotatable bonds is 5. The van der Waals surface area contributed by atoms with Crippen LogP contribution in [0.5, 0.6) is 0 Å². The molecule has 0 fully saturated rings. The summed E-state index contributed by atoms with van der Waals surface area (Å²) in [6, 6.07) is 0. The number of ether oxygens (including phenoxy) is 1. The molecule has 3 heteroatoms. The molecular formula is C12H22N2O. The van der Waals surface area contributed by atoms with Crippen LogP contribution in [0.1, 0.15) is 26.7 Å². The highest BCUT2D eigenvalue weighted by molar-refractivity contribution is 5.24. The first-order valence-corrected chi connectivity index (χ1v) is 5.64. The van der Waals surface area contributed by atoms with Gasteiger partial charge in [0.05, 0.1) is 0 Å². The molecular weight excluding hydrogens is 188 g/mol. The quantitative estimate of drug-likeness (QED) is 0.703. The average molecular weight is 210 g/mol. The molecule has 1 atom stereocenters. The topological polar surface area (TPSA) is 24.5 Å². The van der Waals surface area contributed by atoms with Crippen LogP contribution < -0.4 is 5.32 Å². The molecule has 3 nitrogen and oxygen atoms in total. The van der Waals surface area contributed by atoms with E-state index in [4.69, 9.17) is 4.74 Å². The van der Waals surface area contributed by atoms with Gasteiger partial charge in [0, 0.05) is 20.2 Å². The lowest BCUT2D eigenvalue weighted by Crippen LogP contribution is -2.39. The normalized spacial score (nSPS) is 18.3. The molecule has 0 aliphatic carbocycles. The SMILES string of the molecule is C=CC1=C(N(C)C(C)OCC)NCCC1. The Morgan fingerprint density at radius 1 is 1.67 bits per heavy atom. The van der Waals surface area contributed by atoms with Crippen molar-refractivity contribution in [3.8, 4) is 0 Å². The summed E-state index contributed by atoms with van der Waals surface area (Å²) in [6.45, 7) is 9.71. The molecule has 1 heterocycles. The molecule has 1 rings (SSSR count). The summed E-state index contributed by atoms with van der Waals surface area (Å²) in [6.07, 6.45) is 4.33. The molecule has 0 aromatic heterocycles. The summed E-state index contributed by atoms with van der Waals surface area (Å²) in [4.78, 5) is 2.14. The zero-order chi connectivity index (χ0) is 11.3. The second-order valence-electron chi connectivity index (χ2n) is 3.77. The molecule has 1 N–H and O–H groups in total. The molecule has 0 aromatic rings. The first-order chi connectivity index (χ1) is 7.20. The van der Waals surface area contributed by atoms with Crippen molar-refractivity contribution >= 4 is 0 Å². The van der Waals surface area contributed by atoms with E-state index >= 15 is 0 Å². The smallest absolute Gasteiger partial charge is 0.128 e. The minimum Gasteiger partial charge on any atom is -0.371 e. The molecule has 0 spiro atoms. The van der Waals surface area contributed by atoms with Crippen LogP contribution in [0.4, 0.5) is 0 Å². The fourth-order valence-corrected chi connectivity index (χ4v) is 1.80. The van der Waals surface area contributed by atoms with Gasteiger partial charge < -0.3 is 15.0 Å². The number of allylic oxidation sites excluding steroid dienone is 2. The molecule has 1 aliphatic heterocycles. The van der Waals surface area contributed by atoms with E-state index in [-0.39, 0.29) is 6.23 Å². The Bertz CT molecular complexity index is 248. The van der Waals surface area contributed by atoms with E-state index in [1.807, 2.05) is 13.0 Å². The van der Waals surface area contributed by atoms with E-state index in [9.17, 15) is 0 Å². The Hall–Kier alpha value is -0.960. The van der Waals surface area contributed by atoms with E-state index < -0.39 is 0 Å². The molecule has 0 bridgehead atoms. The van der Waals surface area contributed by atoms with Crippen molar-refractivity contribution in [2.75, 3.05) is 20.2 Å². The molecule has 1 aliphatic rings. The number of hydrogen-bond donors (Lipinski definition) is 1. The summed E-state index contributed by atoms with van der Waals surface area (Å²) >= 11 is 0. The molecule has 0 amide bonds. The van der Waals surface area contributed by atoms with Gasteiger partial charge in [-0.05, 0) is 32.3 Å². The van der Waals surface area contributed by atoms with Gasteiger partial charge in [0.25, 0.3) is 0 Å². The monoisotopic (exact) mass is 210 g/mol. The van der Waals surface area contributed by atoms with Gasteiger partial charge >= 0.3 is 0 Å². The lowest BCUT2D eigenvalue weighted by atomic mass is 10.1. The lowest BCUT2D eigenvalue weighted by Gasteiger charge is -2.33. The van der Waals surface area contributed by atoms with E-state index in [2.05, 4.69) is 30.8 Å². The highest BCUT2D eigenvalue weighted by Crippen LogP contribution is 2.19. The van der Waals surface area contributed by atoms with Crippen LogP contribution in [0.25, 0.3) is 0 Å². The number of hydrogen-bond acceptors (Lipinski definition) is 3. The maximum atomic E-state index is 5.57. The summed E-state index contributed by atoms with van der Waals surface area (Å²) in [5.41, 5.74) is 1.29. The number of nitrogens with one attached hydrogen (secondary N) is 1. The highest BCUT2D eigenvalue weighted by Gasteiger charge is 2.17. The predicted octanol–water partition coefficient (Wildman–Crippen LogP) is 2.08. The Balaban J connectivity index is 2.74. The molecule has 0 saturated carbocycles. The van der Waals surface area contributed by atoms with Crippen LogP contribution in [-0.4, -0.2) is 31.3 Å². The molecule has 1 unspecified atom stereocenters. The predicted molar refractivity (Wildman–Crippen MR) is 63.3 cm³/mol. The van der Waals surface area contributed by atoms with Crippen molar-refractivity contribution in [3.05, 3.63) is 24.0 Å². The van der Waals surface area contributed by atoms with E-state index in [1.54, 1.807) is 0 Å². The van der Waals surface area contributed by atoms with Gasteiger partial charge in [-0.3, -0.25) is 0 Å². The van der Waals surface area contributed by atoms with Gasteiger partial charge in [0.2, 0.25) is 0 Å². The van der Waals surface area contributed by atoms with Crippen molar-refractivity contribution in [1.29, 1.82) is 0 Å². The zero-order valence-electron chi connectivity index (χ0n) is 10.0. The third-order valence-corrected chi connectivity index (χ3v) is 2.77. The van der Waals surface area contributed by atoms with Crippen LogP contribution in [0.2, 0.25) is 0 Å². The van der Waals surface area contributed by atoms with Gasteiger partial charge in [0.15, 0.2) is 0 Å². The van der Waals surface area contributed by atoms with Crippen LogP contribution in [0.15, 0.2) is 24.0 Å². The second kappa shape index (κ2) is 5.81. The Labute approximate surface area is 92.8 Å². The summed E-state index contributed by atoms with van der Waals surface area (Å²) in [5.74, 6) is 1.16. The Morgan fingerprint density at radius 2 is 2.40 bits per heavy atom. The van der Waals surface area contributed by atoms with Crippen molar-refractivity contribution in [2.24, 2.45) is 0 Å². The van der Waals surface area contributed by atoms with Crippen molar-refractivity contribution in [3.63, 3.8) is 0 Å². The molecule has 0 radical (unpaired) electrons. The van der Waals surface area contributed by atoms with Crippen LogP contribution >= 0.6 is 0 Å². The lowest BCUT2D eigenvalue weighted by molar-refractivity contribution is -0.0163. The van der Waals surface area contributed by atoms with Crippen LogP contribution in [0.3, 0.4) is 0 Å². The third kappa shape index (κ3) is 2.99. The number of nitrogens with zero attached hydrogens (tertiary/aromatic N) is 1. The highest BCUT2D eigenvalue weighted by atomic mass is 16.5. The molecule has 0 saturated heterocycles. The van der Waals surface area contributed by atoms with Crippen molar-refractivity contribution in [2.45, 2.75) is 32.9 Å². The second-order valence-corrected chi connectivity index (χ2v) is 3.77. The van der Waals surface area contributed by atoms with Gasteiger partial charge in [-0.2, -0.15) is 0 Å². The molecule has 0 aromatic carbocycles. The minimum atomic E-state index is 0.102. The Morgan fingerprint density at radius 3 is 3.00 bits per heavy atom. The largest absolute Gasteiger partial charge is 0.371 e. The van der Waals surface area contributed by atoms with Crippen LogP contribution in [0, 0.1) is 0 Å². The minimum absolute atomic E-state index is 0.102. The first-order valence-electron chi connectivity index (χ1n) is 5.64. The first kappa shape index (κ1) is 12.1. The Kier molecular flexibility index (Phi) is 4.69. The van der Waals surface area contributed by atoms with Gasteiger partial charge in [-0.15, -0.1) is 0 Å². The van der Waals surface area contributed by atoms with Gasteiger partial charge in [-0.25, -0.2) is 0 Å². The standard InChI is InChI=1S/C12H22N2O/c1-5-11-8-7-9-13-12(11)14(4)10(3)15-6-2/h5,10,13H,1,6-9H2,2-4H3. The average Bonchev–Trinajstić information content (AvgIpc) is 2.28. The molecule has 15 heavy (non-hydrogen) atoms. The zero-order valence-corrected chi connectivity index (χ0v) is 10.0. The molecule has 86 valence electrons. The van der Waals surface area contributed by atoms with E-state index in [0.29, 0.717) is 0 Å². The summed E-state index contributed by atoms with van der Waals surface area (Å²) < 4.78 is 5.57. The maximum absolute atomic E-state index is 5.57. The van der Waals surface area contributed by atoms with E-state index in [0.717, 1.165) is 25.4 Å². The third-order valence-electron chi connectivity index (χ3n) is 2.77. The maximum Gasteiger partial charge on any atom is 0.128 e. The van der Waals surface area contributed by atoms with Crippen molar-refractivity contribution in [1.82, 2.24) is 10.2 Å². The van der Waals surface area contributed by atoms with Gasteiger partial charge in [-0.1, -0.05) is 12.7 Å². The summed E-state index contributed by atoms with van der Waals surface area (Å²) in [7, 11) is 2.05. The fraction of sp³-hybridized carbons (Fsp3) is 0.667. The fourth-order valence-electron chi connectivity index (χ4n) is 1.80. The summed E-state index contributed by atoms with van der Waals surface area (Å²) in [5, 5.41) is 3.41. The van der Waals surface area contributed by atoms with Crippen LogP contribution in [-0.2, 0) is 4.74 Å². The van der Waals surface area contributed by atoms with E-state index in [1.165, 1.54) is 12.0 Å². The van der Waals surface area contributed by atoms with Crippen molar-refractivity contribution < 1.29 is 4.74 Å². The van der Waals surface area contributed by atoms with Gasteiger partial charge in [0.1, 0.15) is 12.0 Å².